The molecule has 0 aromatic carbocycles. The first kappa shape index (κ1) is 28.7. The van der Waals surface area contributed by atoms with Crippen LogP contribution in [-0.2, 0) is 14.3 Å². The van der Waals surface area contributed by atoms with E-state index in [9.17, 15) is 61.9 Å². The fourth-order valence-corrected chi connectivity index (χ4v) is 2.14. The average Bonchev–Trinajstić information content (AvgIpc) is 2.45. The molecule has 0 radical (unpaired) electrons. The molecule has 0 aliphatic heterocycles. The van der Waals surface area contributed by atoms with Crippen LogP contribution in [0.2, 0.25) is 19.6 Å². The van der Waals surface area contributed by atoms with E-state index in [2.05, 4.69) is 9.47 Å². The largest absolute Gasteiger partial charge is 0.458 e. The van der Waals surface area contributed by atoms with Gasteiger partial charge in [-0.2, -0.15) is 57.1 Å². The third-order valence-corrected chi connectivity index (χ3v) is 4.12. The Bertz CT molecular complexity index is 612. The molecule has 1 amide bonds. The summed E-state index contributed by atoms with van der Waals surface area (Å²) in [6.45, 7) is 0.793. The zero-order valence-corrected chi connectivity index (χ0v) is 16.1. The molecule has 0 heterocycles. The summed E-state index contributed by atoms with van der Waals surface area (Å²) in [6.07, 6.45) is -27.6. The van der Waals surface area contributed by atoms with E-state index >= 15 is 0 Å². The predicted molar refractivity (Wildman–Crippen MR) is 74.2 cm³/mol. The maximum absolute atomic E-state index is 14.1. The lowest BCUT2D eigenvalue weighted by atomic mass is 10.2. The number of rotatable bonds is 8. The SMILES string of the molecule is C[Si](C)(C)CNC(=O)C(F)(OC(F)(F)C(F)(OCC(F)(F)F)C(F)(F)F)C(F)(F)F. The van der Waals surface area contributed by atoms with Crippen molar-refractivity contribution in [3.05, 3.63) is 0 Å². The maximum atomic E-state index is 14.1. The molecule has 180 valence electrons. The third kappa shape index (κ3) is 6.86. The van der Waals surface area contributed by atoms with Crippen molar-refractivity contribution in [2.45, 2.75) is 56.0 Å². The van der Waals surface area contributed by atoms with Crippen molar-refractivity contribution in [2.75, 3.05) is 12.8 Å². The smallest absolute Gasteiger partial charge is 0.354 e. The van der Waals surface area contributed by atoms with Crippen LogP contribution >= 0.6 is 0 Å². The molecule has 4 nitrogen and oxygen atoms in total. The minimum atomic E-state index is -7.15. The highest BCUT2D eigenvalue weighted by molar-refractivity contribution is 6.76. The molecule has 0 saturated carbocycles. The number of nitrogens with one attached hydrogen (secondary N) is 1. The van der Waals surface area contributed by atoms with Gasteiger partial charge in [0, 0.05) is 6.17 Å². The highest BCUT2D eigenvalue weighted by Gasteiger charge is 2.80. The summed E-state index contributed by atoms with van der Waals surface area (Å²) in [7, 11) is -2.53. The minimum absolute atomic E-state index is 0.715. The molecule has 0 bridgehead atoms. The molecule has 0 aromatic rings. The van der Waals surface area contributed by atoms with Crippen molar-refractivity contribution >= 4 is 14.0 Å². The van der Waals surface area contributed by atoms with Crippen LogP contribution in [0.25, 0.3) is 0 Å². The first-order chi connectivity index (χ1) is 12.8. The van der Waals surface area contributed by atoms with Gasteiger partial charge in [0.2, 0.25) is 0 Å². The Hall–Kier alpha value is -1.30. The predicted octanol–water partition coefficient (Wildman–Crippen LogP) is 4.62. The van der Waals surface area contributed by atoms with Gasteiger partial charge in [-0.15, -0.1) is 0 Å². The number of carbonyl (C=O) groups is 1. The summed E-state index contributed by atoms with van der Waals surface area (Å²) in [5.41, 5.74) is 0. The van der Waals surface area contributed by atoms with Gasteiger partial charge in [0.25, 0.3) is 5.91 Å². The van der Waals surface area contributed by atoms with E-state index in [4.69, 9.17) is 0 Å². The third-order valence-electron chi connectivity index (χ3n) is 2.88. The highest BCUT2D eigenvalue weighted by atomic mass is 28.3. The van der Waals surface area contributed by atoms with Crippen molar-refractivity contribution in [2.24, 2.45) is 0 Å². The lowest BCUT2D eigenvalue weighted by Crippen LogP contribution is -2.66. The van der Waals surface area contributed by atoms with E-state index in [-0.39, 0.29) is 0 Å². The standard InChI is InChI=1S/C12H14F13NO3Si/c1-30(2,3)5-26-6(27)8(16,10(18,19)20)29-12(24,25)9(17,11(21,22)23)28-4-7(13,14)15/h4-5H2,1-3H3,(H,26,27). The normalized spacial score (nSPS) is 18.5. The number of ether oxygens (including phenoxy) is 2. The van der Waals surface area contributed by atoms with Crippen LogP contribution in [0.3, 0.4) is 0 Å². The van der Waals surface area contributed by atoms with Gasteiger partial charge in [-0.05, 0) is 0 Å². The summed E-state index contributed by atoms with van der Waals surface area (Å²) >= 11 is 0. The molecule has 30 heavy (non-hydrogen) atoms. The number of halogens is 13. The van der Waals surface area contributed by atoms with Crippen LogP contribution in [0.1, 0.15) is 0 Å². The van der Waals surface area contributed by atoms with E-state index in [0.717, 1.165) is 0 Å². The summed E-state index contributed by atoms with van der Waals surface area (Å²) in [6, 6.07) is 0. The second kappa shape index (κ2) is 8.32. The van der Waals surface area contributed by atoms with Crippen molar-refractivity contribution < 1.29 is 71.3 Å². The zero-order chi connectivity index (χ0) is 24.6. The minimum Gasteiger partial charge on any atom is -0.354 e. The Labute approximate surface area is 160 Å². The molecule has 1 N–H and O–H groups in total. The number of hydrogen-bond acceptors (Lipinski definition) is 3. The molecule has 0 aliphatic rings. The first-order valence-electron chi connectivity index (χ1n) is 7.37. The van der Waals surface area contributed by atoms with Crippen LogP contribution in [0.15, 0.2) is 0 Å². The Morgan fingerprint density at radius 1 is 0.800 bits per heavy atom. The quantitative estimate of drug-likeness (QED) is 0.395. The van der Waals surface area contributed by atoms with Gasteiger partial charge in [0.15, 0.2) is 0 Å². The average molecular weight is 495 g/mol. The topological polar surface area (TPSA) is 47.6 Å². The molecule has 2 unspecified atom stereocenters. The summed E-state index contributed by atoms with van der Waals surface area (Å²) in [4.78, 5) is 11.5. The molecular weight excluding hydrogens is 481 g/mol. The van der Waals surface area contributed by atoms with Crippen molar-refractivity contribution in [1.29, 1.82) is 0 Å². The van der Waals surface area contributed by atoms with Crippen LogP contribution in [0, 0.1) is 0 Å². The van der Waals surface area contributed by atoms with Crippen molar-refractivity contribution in [1.82, 2.24) is 5.32 Å². The highest BCUT2D eigenvalue weighted by Crippen LogP contribution is 2.51. The van der Waals surface area contributed by atoms with Gasteiger partial charge in [-0.3, -0.25) is 9.53 Å². The Morgan fingerprint density at radius 2 is 1.23 bits per heavy atom. The van der Waals surface area contributed by atoms with E-state index in [1.165, 1.54) is 25.0 Å². The van der Waals surface area contributed by atoms with Crippen LogP contribution in [-0.4, -0.2) is 63.1 Å². The summed E-state index contributed by atoms with van der Waals surface area (Å²) in [5, 5.41) is 1.18. The van der Waals surface area contributed by atoms with Crippen LogP contribution in [0.4, 0.5) is 57.1 Å². The Morgan fingerprint density at radius 3 is 1.53 bits per heavy atom. The van der Waals surface area contributed by atoms with Gasteiger partial charge in [0.05, 0.1) is 8.07 Å². The summed E-state index contributed by atoms with van der Waals surface area (Å²) < 4.78 is 172. The van der Waals surface area contributed by atoms with E-state index in [1.807, 2.05) is 0 Å². The van der Waals surface area contributed by atoms with Crippen LogP contribution < -0.4 is 5.32 Å². The summed E-state index contributed by atoms with van der Waals surface area (Å²) in [5.74, 6) is -16.3. The number of amides is 1. The zero-order valence-electron chi connectivity index (χ0n) is 15.1. The number of hydrogen-bond donors (Lipinski definition) is 1. The molecule has 0 rings (SSSR count). The van der Waals surface area contributed by atoms with E-state index in [0.29, 0.717) is 0 Å². The second-order valence-corrected chi connectivity index (χ2v) is 12.4. The van der Waals surface area contributed by atoms with Crippen molar-refractivity contribution in [3.8, 4) is 0 Å². The van der Waals surface area contributed by atoms with Crippen molar-refractivity contribution in [3.63, 3.8) is 0 Å². The van der Waals surface area contributed by atoms with Gasteiger partial charge in [0.1, 0.15) is 6.61 Å². The fraction of sp³-hybridized carbons (Fsp3) is 0.917. The van der Waals surface area contributed by atoms with E-state index < -0.39 is 63.1 Å². The molecule has 0 saturated heterocycles. The second-order valence-electron chi connectivity index (χ2n) is 6.95. The Kier molecular flexibility index (Phi) is 7.96. The number of alkyl halides is 13. The Balaban J connectivity index is 6.17. The lowest BCUT2D eigenvalue weighted by molar-refractivity contribution is -0.500. The van der Waals surface area contributed by atoms with Gasteiger partial charge >= 0.3 is 36.3 Å². The monoisotopic (exact) mass is 495 g/mol. The molecule has 0 spiro atoms. The van der Waals surface area contributed by atoms with Gasteiger partial charge in [-0.1, -0.05) is 19.6 Å². The molecule has 2 atom stereocenters. The maximum Gasteiger partial charge on any atom is 0.458 e. The fourth-order valence-electron chi connectivity index (χ4n) is 1.45. The lowest BCUT2D eigenvalue weighted by Gasteiger charge is -2.37. The first-order valence-corrected chi connectivity index (χ1v) is 11.1. The number of carbonyl (C=O) groups excluding carboxylic acids is 1. The molecule has 0 aliphatic carbocycles. The molecule has 0 fully saturated rings. The van der Waals surface area contributed by atoms with Gasteiger partial charge in [-0.25, -0.2) is 0 Å². The molecular formula is C12H14F13NO3Si. The van der Waals surface area contributed by atoms with Gasteiger partial charge < -0.3 is 10.1 Å². The van der Waals surface area contributed by atoms with Crippen LogP contribution in [0.5, 0.6) is 0 Å². The molecule has 18 heteroatoms. The molecule has 0 aromatic heterocycles. The van der Waals surface area contributed by atoms with E-state index in [1.54, 1.807) is 0 Å².